The van der Waals surface area contributed by atoms with Gasteiger partial charge >= 0.3 is 0 Å². The minimum absolute atomic E-state index is 0.00820. The van der Waals surface area contributed by atoms with Crippen LogP contribution in [0.25, 0.3) is 0 Å². The van der Waals surface area contributed by atoms with Gasteiger partial charge in [0.15, 0.2) is 0 Å². The van der Waals surface area contributed by atoms with Crippen LogP contribution in [0.5, 0.6) is 0 Å². The molecule has 0 aromatic heterocycles. The Morgan fingerprint density at radius 1 is 0.486 bits per heavy atom. The highest BCUT2D eigenvalue weighted by Crippen LogP contribution is 2.23. The van der Waals surface area contributed by atoms with Crippen LogP contribution in [-0.4, -0.2) is 17.7 Å². The summed E-state index contributed by atoms with van der Waals surface area (Å²) in [6.07, 6.45) is 0. The van der Waals surface area contributed by atoms with Crippen molar-refractivity contribution in [2.24, 2.45) is 0 Å². The molecule has 6 heteroatoms. The van der Waals surface area contributed by atoms with E-state index in [1.165, 1.54) is 0 Å². The molecule has 182 valence electrons. The number of anilines is 1. The number of carbonyl (C=O) groups excluding carboxylic acids is 3. The summed E-state index contributed by atoms with van der Waals surface area (Å²) in [7, 11) is 0. The zero-order chi connectivity index (χ0) is 25.8. The van der Waals surface area contributed by atoms with Crippen molar-refractivity contribution >= 4 is 23.4 Å². The molecule has 3 aromatic carbocycles. The fourth-order valence-electron chi connectivity index (χ4n) is 3.41. The van der Waals surface area contributed by atoms with Gasteiger partial charge in [0, 0.05) is 22.4 Å². The molecule has 0 saturated heterocycles. The van der Waals surface area contributed by atoms with Crippen molar-refractivity contribution in [2.75, 3.05) is 5.32 Å². The van der Waals surface area contributed by atoms with Gasteiger partial charge in [-0.25, -0.2) is 0 Å². The van der Waals surface area contributed by atoms with E-state index in [-0.39, 0.29) is 16.7 Å². The molecule has 3 amide bonds. The third-order valence-corrected chi connectivity index (χ3v) is 5.72. The quantitative estimate of drug-likeness (QED) is 0.432. The molecule has 3 rings (SSSR count). The van der Waals surface area contributed by atoms with Gasteiger partial charge in [0.25, 0.3) is 17.7 Å². The van der Waals surface area contributed by atoms with E-state index in [1.54, 1.807) is 48.5 Å². The Balaban J connectivity index is 1.55. The van der Waals surface area contributed by atoms with Crippen molar-refractivity contribution in [1.29, 1.82) is 0 Å². The molecule has 3 aromatic rings. The number of hydrazine groups is 1. The Morgan fingerprint density at radius 2 is 0.800 bits per heavy atom. The maximum Gasteiger partial charge on any atom is 0.269 e. The molecule has 0 heterocycles. The zero-order valence-corrected chi connectivity index (χ0v) is 21.2. The van der Waals surface area contributed by atoms with Crippen LogP contribution in [0.2, 0.25) is 0 Å². The first-order valence-electron chi connectivity index (χ1n) is 11.6. The number of amides is 3. The van der Waals surface area contributed by atoms with Crippen LogP contribution in [0.15, 0.2) is 72.8 Å². The molecule has 0 bridgehead atoms. The normalized spacial score (nSPS) is 11.5. The van der Waals surface area contributed by atoms with Crippen LogP contribution in [0, 0.1) is 0 Å². The number of nitrogens with one attached hydrogen (secondary N) is 3. The Bertz CT molecular complexity index is 1200. The van der Waals surface area contributed by atoms with Crippen molar-refractivity contribution in [3.63, 3.8) is 0 Å². The van der Waals surface area contributed by atoms with Gasteiger partial charge in [-0.2, -0.15) is 0 Å². The molecule has 0 aliphatic heterocycles. The summed E-state index contributed by atoms with van der Waals surface area (Å²) in [6, 6.07) is 21.2. The summed E-state index contributed by atoms with van der Waals surface area (Å²) in [4.78, 5) is 37.3. The van der Waals surface area contributed by atoms with Gasteiger partial charge in [0.05, 0.1) is 0 Å². The second kappa shape index (κ2) is 10.1. The second-order valence-corrected chi connectivity index (χ2v) is 10.6. The van der Waals surface area contributed by atoms with Crippen LogP contribution in [0.3, 0.4) is 0 Å². The van der Waals surface area contributed by atoms with Gasteiger partial charge in [-0.05, 0) is 70.5 Å². The summed E-state index contributed by atoms with van der Waals surface area (Å²) in [5.74, 6) is -1.09. The Kier molecular flexibility index (Phi) is 7.44. The molecule has 0 atom stereocenters. The summed E-state index contributed by atoms with van der Waals surface area (Å²) in [5.41, 5.74) is 9.04. The molecular formula is C29H33N3O3. The first-order valence-corrected chi connectivity index (χ1v) is 11.6. The molecule has 6 nitrogen and oxygen atoms in total. The predicted molar refractivity (Wildman–Crippen MR) is 140 cm³/mol. The summed E-state index contributed by atoms with van der Waals surface area (Å²) < 4.78 is 0. The molecule has 0 aliphatic rings. The van der Waals surface area contributed by atoms with Crippen LogP contribution in [0.4, 0.5) is 5.69 Å². The SMILES string of the molecule is CC(C)(C)c1ccc(C(=O)NNC(=O)c2ccc(NC(=O)c3ccc(C(C)(C)C)cc3)cc2)cc1. The Labute approximate surface area is 207 Å². The van der Waals surface area contributed by atoms with Gasteiger partial charge < -0.3 is 5.32 Å². The van der Waals surface area contributed by atoms with Gasteiger partial charge in [-0.15, -0.1) is 0 Å². The number of benzene rings is 3. The molecule has 0 saturated carbocycles. The lowest BCUT2D eigenvalue weighted by atomic mass is 9.86. The first kappa shape index (κ1) is 25.7. The molecule has 35 heavy (non-hydrogen) atoms. The fourth-order valence-corrected chi connectivity index (χ4v) is 3.41. The lowest BCUT2D eigenvalue weighted by Crippen LogP contribution is -2.41. The third-order valence-electron chi connectivity index (χ3n) is 5.72. The molecule has 0 unspecified atom stereocenters. The highest BCUT2D eigenvalue weighted by atomic mass is 16.2. The molecule has 0 aliphatic carbocycles. The maximum atomic E-state index is 12.5. The average Bonchev–Trinajstić information content (AvgIpc) is 2.82. The van der Waals surface area contributed by atoms with Gasteiger partial charge in [-0.1, -0.05) is 65.8 Å². The topological polar surface area (TPSA) is 87.3 Å². The second-order valence-electron chi connectivity index (χ2n) is 10.6. The summed E-state index contributed by atoms with van der Waals surface area (Å²) in [5, 5.41) is 2.83. The maximum absolute atomic E-state index is 12.5. The van der Waals surface area contributed by atoms with Crippen LogP contribution >= 0.6 is 0 Å². The minimum Gasteiger partial charge on any atom is -0.322 e. The smallest absolute Gasteiger partial charge is 0.269 e. The van der Waals surface area contributed by atoms with Crippen LogP contribution in [-0.2, 0) is 10.8 Å². The van der Waals surface area contributed by atoms with Crippen LogP contribution in [0.1, 0.15) is 83.7 Å². The minimum atomic E-state index is -0.458. The molecule has 0 fully saturated rings. The van der Waals surface area contributed by atoms with Crippen molar-refractivity contribution in [2.45, 2.75) is 52.4 Å². The Hall–Kier alpha value is -3.93. The number of rotatable bonds is 4. The monoisotopic (exact) mass is 471 g/mol. The Morgan fingerprint density at radius 3 is 1.14 bits per heavy atom. The first-order chi connectivity index (χ1) is 16.3. The number of carbonyl (C=O) groups is 3. The largest absolute Gasteiger partial charge is 0.322 e. The third kappa shape index (κ3) is 6.79. The van der Waals surface area contributed by atoms with Crippen molar-refractivity contribution in [3.05, 3.63) is 101 Å². The number of hydrogen-bond acceptors (Lipinski definition) is 3. The fraction of sp³-hybridized carbons (Fsp3) is 0.276. The lowest BCUT2D eigenvalue weighted by Gasteiger charge is -2.19. The highest BCUT2D eigenvalue weighted by molar-refractivity contribution is 6.04. The van der Waals surface area contributed by atoms with Crippen molar-refractivity contribution < 1.29 is 14.4 Å². The van der Waals surface area contributed by atoms with Gasteiger partial charge in [0.2, 0.25) is 0 Å². The van der Waals surface area contributed by atoms with E-state index < -0.39 is 11.8 Å². The van der Waals surface area contributed by atoms with Crippen molar-refractivity contribution in [1.82, 2.24) is 10.9 Å². The van der Waals surface area contributed by atoms with E-state index in [0.29, 0.717) is 22.4 Å². The van der Waals surface area contributed by atoms with Gasteiger partial charge in [-0.3, -0.25) is 25.2 Å². The number of hydrogen-bond donors (Lipinski definition) is 3. The van der Waals surface area contributed by atoms with E-state index in [2.05, 4.69) is 57.7 Å². The molecular weight excluding hydrogens is 438 g/mol. The summed E-state index contributed by atoms with van der Waals surface area (Å²) >= 11 is 0. The van der Waals surface area contributed by atoms with Gasteiger partial charge in [0.1, 0.15) is 0 Å². The highest BCUT2D eigenvalue weighted by Gasteiger charge is 2.16. The standard InChI is InChI=1S/C29H33N3O3/c1-28(2,3)22-13-7-19(8-14-22)25(33)30-24-17-11-21(12-18-24)27(35)32-31-26(34)20-9-15-23(16-10-20)29(4,5)6/h7-18H,1-6H3,(H,30,33)(H,31,34)(H,32,35). The van der Waals surface area contributed by atoms with Crippen molar-refractivity contribution in [3.8, 4) is 0 Å². The summed E-state index contributed by atoms with van der Waals surface area (Å²) in [6.45, 7) is 12.7. The van der Waals surface area contributed by atoms with E-state index in [9.17, 15) is 14.4 Å². The predicted octanol–water partition coefficient (Wildman–Crippen LogP) is 5.61. The average molecular weight is 472 g/mol. The van der Waals surface area contributed by atoms with Crippen LogP contribution < -0.4 is 16.2 Å². The van der Waals surface area contributed by atoms with E-state index in [4.69, 9.17) is 0 Å². The molecule has 0 radical (unpaired) electrons. The van der Waals surface area contributed by atoms with E-state index in [0.717, 1.165) is 11.1 Å². The molecule has 3 N–H and O–H groups in total. The molecule has 0 spiro atoms. The lowest BCUT2D eigenvalue weighted by molar-refractivity contribution is 0.0846. The van der Waals surface area contributed by atoms with E-state index in [1.807, 2.05) is 24.3 Å². The zero-order valence-electron chi connectivity index (χ0n) is 21.2. The van der Waals surface area contributed by atoms with E-state index >= 15 is 0 Å².